The first-order valence-corrected chi connectivity index (χ1v) is 3.37. The highest BCUT2D eigenvalue weighted by Gasteiger charge is 2.23. The van der Waals surface area contributed by atoms with Crippen molar-refractivity contribution >= 4 is 6.40 Å². The SMILES string of the molecule is CC[C@]1(C)CN=COC1. The normalized spacial score (nSPS) is 34.0. The maximum atomic E-state index is 5.08. The fourth-order valence-electron chi connectivity index (χ4n) is 0.808. The van der Waals surface area contributed by atoms with Crippen molar-refractivity contribution in [2.24, 2.45) is 10.4 Å². The van der Waals surface area contributed by atoms with E-state index < -0.39 is 0 Å². The maximum Gasteiger partial charge on any atom is 0.169 e. The molecule has 2 nitrogen and oxygen atoms in total. The van der Waals surface area contributed by atoms with Crippen LogP contribution in [0.15, 0.2) is 4.99 Å². The van der Waals surface area contributed by atoms with Crippen LogP contribution in [0.5, 0.6) is 0 Å². The summed E-state index contributed by atoms with van der Waals surface area (Å²) < 4.78 is 5.08. The Bertz CT molecular complexity index is 122. The van der Waals surface area contributed by atoms with Gasteiger partial charge in [-0.05, 0) is 6.42 Å². The molecule has 1 aliphatic rings. The second-order valence-electron chi connectivity index (χ2n) is 2.92. The second-order valence-corrected chi connectivity index (χ2v) is 2.92. The lowest BCUT2D eigenvalue weighted by Crippen LogP contribution is -2.28. The van der Waals surface area contributed by atoms with Crippen LogP contribution in [0.2, 0.25) is 0 Å². The van der Waals surface area contributed by atoms with Crippen LogP contribution >= 0.6 is 0 Å². The van der Waals surface area contributed by atoms with Crippen LogP contribution in [0.3, 0.4) is 0 Å². The van der Waals surface area contributed by atoms with Gasteiger partial charge in [0.25, 0.3) is 0 Å². The summed E-state index contributed by atoms with van der Waals surface area (Å²) in [6, 6.07) is 0. The van der Waals surface area contributed by atoms with E-state index in [1.54, 1.807) is 6.40 Å². The summed E-state index contributed by atoms with van der Waals surface area (Å²) >= 11 is 0. The van der Waals surface area contributed by atoms with E-state index in [-0.39, 0.29) is 0 Å². The molecule has 0 aliphatic carbocycles. The van der Waals surface area contributed by atoms with E-state index in [9.17, 15) is 0 Å². The van der Waals surface area contributed by atoms with Gasteiger partial charge in [-0.3, -0.25) is 4.99 Å². The number of rotatable bonds is 1. The van der Waals surface area contributed by atoms with Crippen molar-refractivity contribution in [1.29, 1.82) is 0 Å². The van der Waals surface area contributed by atoms with Crippen LogP contribution in [0.25, 0.3) is 0 Å². The van der Waals surface area contributed by atoms with Crippen molar-refractivity contribution in [3.63, 3.8) is 0 Å². The summed E-state index contributed by atoms with van der Waals surface area (Å²) in [4.78, 5) is 4.05. The Labute approximate surface area is 55.9 Å². The predicted molar refractivity (Wildman–Crippen MR) is 37.7 cm³/mol. The van der Waals surface area contributed by atoms with Gasteiger partial charge < -0.3 is 4.74 Å². The summed E-state index contributed by atoms with van der Waals surface area (Å²) in [5, 5.41) is 0. The maximum absolute atomic E-state index is 5.08. The first kappa shape index (κ1) is 6.59. The lowest BCUT2D eigenvalue weighted by Gasteiger charge is -2.27. The molecule has 1 rings (SSSR count). The molecule has 0 amide bonds. The van der Waals surface area contributed by atoms with Crippen LogP contribution in [0, 0.1) is 5.41 Å². The molecular formula is C7H13NO. The molecule has 0 aromatic carbocycles. The van der Waals surface area contributed by atoms with Crippen molar-refractivity contribution in [2.75, 3.05) is 13.2 Å². The standard InChI is InChI=1S/C7H13NO/c1-3-7(2)4-8-6-9-5-7/h6H,3-5H2,1-2H3/t7-/m1/s1. The van der Waals surface area contributed by atoms with Gasteiger partial charge in [0.15, 0.2) is 6.40 Å². The summed E-state index contributed by atoms with van der Waals surface area (Å²) in [6.07, 6.45) is 2.70. The molecule has 0 bridgehead atoms. The topological polar surface area (TPSA) is 21.6 Å². The monoisotopic (exact) mass is 127 g/mol. The molecule has 0 spiro atoms. The quantitative estimate of drug-likeness (QED) is 0.522. The fourth-order valence-corrected chi connectivity index (χ4v) is 0.808. The molecular weight excluding hydrogens is 114 g/mol. The number of nitrogens with zero attached hydrogens (tertiary/aromatic N) is 1. The highest BCUT2D eigenvalue weighted by atomic mass is 16.5. The van der Waals surface area contributed by atoms with E-state index in [1.807, 2.05) is 0 Å². The van der Waals surface area contributed by atoms with E-state index in [4.69, 9.17) is 4.74 Å². The van der Waals surface area contributed by atoms with Gasteiger partial charge in [0.1, 0.15) is 0 Å². The Morgan fingerprint density at radius 3 is 2.89 bits per heavy atom. The Hall–Kier alpha value is -0.530. The van der Waals surface area contributed by atoms with Gasteiger partial charge in [-0.1, -0.05) is 13.8 Å². The molecule has 1 heterocycles. The molecule has 0 saturated heterocycles. The van der Waals surface area contributed by atoms with Gasteiger partial charge in [-0.25, -0.2) is 0 Å². The zero-order valence-corrected chi connectivity index (χ0v) is 6.05. The summed E-state index contributed by atoms with van der Waals surface area (Å²) in [6.45, 7) is 6.12. The van der Waals surface area contributed by atoms with Crippen LogP contribution in [-0.4, -0.2) is 19.6 Å². The highest BCUT2D eigenvalue weighted by molar-refractivity contribution is 5.47. The molecule has 1 atom stereocenters. The molecule has 0 saturated carbocycles. The predicted octanol–water partition coefficient (Wildman–Crippen LogP) is 1.46. The minimum absolute atomic E-state index is 0.300. The number of aliphatic imine (C=N–C) groups is 1. The zero-order chi connectivity index (χ0) is 6.74. The van der Waals surface area contributed by atoms with Crippen molar-refractivity contribution in [2.45, 2.75) is 20.3 Å². The van der Waals surface area contributed by atoms with E-state index in [1.165, 1.54) is 0 Å². The first-order valence-electron chi connectivity index (χ1n) is 3.37. The van der Waals surface area contributed by atoms with Crippen molar-refractivity contribution < 1.29 is 4.74 Å². The highest BCUT2D eigenvalue weighted by Crippen LogP contribution is 2.23. The Morgan fingerprint density at radius 2 is 2.56 bits per heavy atom. The summed E-state index contributed by atoms with van der Waals surface area (Å²) in [5.41, 5.74) is 0.300. The molecule has 0 aromatic heterocycles. The Balaban J connectivity index is 2.50. The fraction of sp³-hybridized carbons (Fsp3) is 0.857. The zero-order valence-electron chi connectivity index (χ0n) is 6.05. The van der Waals surface area contributed by atoms with E-state index in [0.29, 0.717) is 5.41 Å². The number of hydrogen-bond donors (Lipinski definition) is 0. The minimum atomic E-state index is 0.300. The van der Waals surface area contributed by atoms with Gasteiger partial charge in [-0.15, -0.1) is 0 Å². The van der Waals surface area contributed by atoms with Crippen LogP contribution < -0.4 is 0 Å². The molecule has 0 unspecified atom stereocenters. The van der Waals surface area contributed by atoms with E-state index >= 15 is 0 Å². The third kappa shape index (κ3) is 1.44. The molecule has 0 radical (unpaired) electrons. The largest absolute Gasteiger partial charge is 0.483 e. The lowest BCUT2D eigenvalue weighted by atomic mass is 9.88. The lowest BCUT2D eigenvalue weighted by molar-refractivity contribution is 0.144. The van der Waals surface area contributed by atoms with Crippen molar-refractivity contribution in [3.05, 3.63) is 0 Å². The minimum Gasteiger partial charge on any atom is -0.483 e. The summed E-state index contributed by atoms with van der Waals surface area (Å²) in [5.74, 6) is 0. The Morgan fingerprint density at radius 1 is 1.78 bits per heavy atom. The van der Waals surface area contributed by atoms with Gasteiger partial charge in [0.05, 0.1) is 13.2 Å². The molecule has 52 valence electrons. The first-order chi connectivity index (χ1) is 4.27. The molecule has 9 heavy (non-hydrogen) atoms. The molecule has 0 N–H and O–H groups in total. The number of hydrogen-bond acceptors (Lipinski definition) is 2. The van der Waals surface area contributed by atoms with E-state index in [0.717, 1.165) is 19.6 Å². The smallest absolute Gasteiger partial charge is 0.169 e. The van der Waals surface area contributed by atoms with E-state index in [2.05, 4.69) is 18.8 Å². The second kappa shape index (κ2) is 2.38. The molecule has 0 aromatic rings. The number of ether oxygens (including phenoxy) is 1. The molecule has 0 fully saturated rings. The van der Waals surface area contributed by atoms with Gasteiger partial charge in [0.2, 0.25) is 0 Å². The van der Waals surface area contributed by atoms with Crippen molar-refractivity contribution in [3.8, 4) is 0 Å². The average molecular weight is 127 g/mol. The molecule has 2 heteroatoms. The van der Waals surface area contributed by atoms with Gasteiger partial charge >= 0.3 is 0 Å². The molecule has 1 aliphatic heterocycles. The van der Waals surface area contributed by atoms with Crippen LogP contribution in [-0.2, 0) is 4.74 Å². The van der Waals surface area contributed by atoms with Gasteiger partial charge in [0, 0.05) is 5.41 Å². The summed E-state index contributed by atoms with van der Waals surface area (Å²) in [7, 11) is 0. The van der Waals surface area contributed by atoms with Gasteiger partial charge in [-0.2, -0.15) is 0 Å². The third-order valence-corrected chi connectivity index (χ3v) is 1.91. The van der Waals surface area contributed by atoms with Crippen molar-refractivity contribution in [1.82, 2.24) is 0 Å². The average Bonchev–Trinajstić information content (AvgIpc) is 1.90. The Kier molecular flexibility index (Phi) is 1.74. The van der Waals surface area contributed by atoms with Crippen LogP contribution in [0.4, 0.5) is 0 Å². The van der Waals surface area contributed by atoms with Crippen LogP contribution in [0.1, 0.15) is 20.3 Å². The third-order valence-electron chi connectivity index (χ3n) is 1.91.